The van der Waals surface area contributed by atoms with Gasteiger partial charge >= 0.3 is 0 Å². The summed E-state index contributed by atoms with van der Waals surface area (Å²) in [6.45, 7) is 6.88. The Labute approximate surface area is 138 Å². The number of ether oxygens (including phenoxy) is 2. The highest BCUT2D eigenvalue weighted by Crippen LogP contribution is 2.38. The van der Waals surface area contributed by atoms with Crippen molar-refractivity contribution in [2.75, 3.05) is 13.9 Å². The third kappa shape index (κ3) is 4.26. The predicted molar refractivity (Wildman–Crippen MR) is 93.7 cm³/mol. The van der Waals surface area contributed by atoms with E-state index in [1.54, 1.807) is 13.2 Å². The van der Waals surface area contributed by atoms with E-state index < -0.39 is 0 Å². The lowest BCUT2D eigenvalue weighted by Crippen LogP contribution is -2.11. The summed E-state index contributed by atoms with van der Waals surface area (Å²) in [7, 11) is 1.62. The molecule has 23 heavy (non-hydrogen) atoms. The van der Waals surface area contributed by atoms with Gasteiger partial charge in [0.2, 0.25) is 0 Å². The van der Waals surface area contributed by atoms with Crippen LogP contribution >= 0.6 is 0 Å². The van der Waals surface area contributed by atoms with E-state index >= 15 is 0 Å². The smallest absolute Gasteiger partial charge is 0.188 e. The van der Waals surface area contributed by atoms with Crippen LogP contribution in [0.3, 0.4) is 0 Å². The predicted octanol–water partition coefficient (Wildman–Crippen LogP) is 5.13. The van der Waals surface area contributed by atoms with Crippen LogP contribution in [-0.4, -0.2) is 19.0 Å². The Morgan fingerprint density at radius 3 is 2.52 bits per heavy atom. The SMILES string of the molecule is COCOc1ccccc1C(C)C(=C1C=CC(O)=CC1)C(C)C. The summed E-state index contributed by atoms with van der Waals surface area (Å²) >= 11 is 0. The first-order valence-electron chi connectivity index (χ1n) is 8.05. The molecule has 0 aliphatic heterocycles. The van der Waals surface area contributed by atoms with E-state index in [9.17, 15) is 5.11 Å². The minimum absolute atomic E-state index is 0.233. The molecule has 0 aromatic heterocycles. The van der Waals surface area contributed by atoms with Crippen molar-refractivity contribution in [2.24, 2.45) is 5.92 Å². The molecule has 1 aromatic rings. The molecular formula is C20H26O3. The lowest BCUT2D eigenvalue weighted by atomic mass is 9.81. The van der Waals surface area contributed by atoms with Gasteiger partial charge in [-0.05, 0) is 36.1 Å². The number of aliphatic hydroxyl groups excluding tert-OH is 1. The number of para-hydroxylation sites is 1. The second kappa shape index (κ2) is 8.02. The van der Waals surface area contributed by atoms with Gasteiger partial charge in [-0.1, -0.05) is 50.6 Å². The monoisotopic (exact) mass is 314 g/mol. The van der Waals surface area contributed by atoms with E-state index in [0.29, 0.717) is 11.7 Å². The topological polar surface area (TPSA) is 38.7 Å². The molecule has 0 heterocycles. The molecule has 0 saturated carbocycles. The van der Waals surface area contributed by atoms with Gasteiger partial charge in [0.15, 0.2) is 6.79 Å². The summed E-state index contributed by atoms with van der Waals surface area (Å²) in [4.78, 5) is 0. The molecule has 1 aliphatic rings. The lowest BCUT2D eigenvalue weighted by Gasteiger charge is -2.25. The summed E-state index contributed by atoms with van der Waals surface area (Å²) < 4.78 is 10.8. The van der Waals surface area contributed by atoms with Gasteiger partial charge < -0.3 is 14.6 Å². The van der Waals surface area contributed by atoms with Crippen LogP contribution in [0.15, 0.2) is 59.4 Å². The van der Waals surface area contributed by atoms with Crippen molar-refractivity contribution >= 4 is 0 Å². The van der Waals surface area contributed by atoms with Crippen LogP contribution in [0.25, 0.3) is 0 Å². The second-order valence-corrected chi connectivity index (χ2v) is 6.11. The molecular weight excluding hydrogens is 288 g/mol. The highest BCUT2D eigenvalue weighted by molar-refractivity contribution is 5.45. The van der Waals surface area contributed by atoms with Crippen LogP contribution in [0.4, 0.5) is 0 Å². The van der Waals surface area contributed by atoms with E-state index in [1.807, 2.05) is 30.4 Å². The van der Waals surface area contributed by atoms with Crippen LogP contribution in [-0.2, 0) is 4.74 Å². The zero-order valence-corrected chi connectivity index (χ0v) is 14.4. The molecule has 0 amide bonds. The van der Waals surface area contributed by atoms with Gasteiger partial charge in [-0.15, -0.1) is 0 Å². The van der Waals surface area contributed by atoms with Crippen molar-refractivity contribution in [3.05, 3.63) is 65.0 Å². The van der Waals surface area contributed by atoms with Crippen LogP contribution in [0.5, 0.6) is 5.75 Å². The molecule has 3 nitrogen and oxygen atoms in total. The summed E-state index contributed by atoms with van der Waals surface area (Å²) in [5.74, 6) is 1.84. The molecule has 1 aromatic carbocycles. The lowest BCUT2D eigenvalue weighted by molar-refractivity contribution is 0.0503. The highest BCUT2D eigenvalue weighted by Gasteiger charge is 2.21. The van der Waals surface area contributed by atoms with Crippen molar-refractivity contribution in [3.8, 4) is 5.75 Å². The number of allylic oxidation sites excluding steroid dienone is 5. The minimum Gasteiger partial charge on any atom is -0.508 e. The molecule has 2 rings (SSSR count). The number of aliphatic hydroxyl groups is 1. The molecule has 0 spiro atoms. The molecule has 0 radical (unpaired) electrons. The molecule has 1 atom stereocenters. The summed E-state index contributed by atoms with van der Waals surface area (Å²) in [5, 5.41) is 9.56. The van der Waals surface area contributed by atoms with Crippen molar-refractivity contribution in [2.45, 2.75) is 33.1 Å². The first kappa shape index (κ1) is 17.4. The van der Waals surface area contributed by atoms with E-state index in [0.717, 1.165) is 17.7 Å². The highest BCUT2D eigenvalue weighted by atomic mass is 16.7. The first-order valence-corrected chi connectivity index (χ1v) is 8.05. The Morgan fingerprint density at radius 2 is 1.91 bits per heavy atom. The molecule has 1 N–H and O–H groups in total. The van der Waals surface area contributed by atoms with Gasteiger partial charge in [-0.2, -0.15) is 0 Å². The minimum atomic E-state index is 0.233. The molecule has 3 heteroatoms. The van der Waals surface area contributed by atoms with Gasteiger partial charge in [-0.25, -0.2) is 0 Å². The summed E-state index contributed by atoms with van der Waals surface area (Å²) in [5.41, 5.74) is 3.80. The Morgan fingerprint density at radius 1 is 1.17 bits per heavy atom. The van der Waals surface area contributed by atoms with E-state index in [2.05, 4.69) is 26.8 Å². The average molecular weight is 314 g/mol. The number of methoxy groups -OCH3 is 1. The number of rotatable bonds is 6. The molecule has 1 aliphatic carbocycles. The maximum Gasteiger partial charge on any atom is 0.188 e. The van der Waals surface area contributed by atoms with E-state index in [-0.39, 0.29) is 12.7 Å². The maximum atomic E-state index is 9.56. The normalized spacial score (nSPS) is 17.9. The summed E-state index contributed by atoms with van der Waals surface area (Å²) in [6.07, 6.45) is 6.42. The van der Waals surface area contributed by atoms with E-state index in [1.165, 1.54) is 11.1 Å². The van der Waals surface area contributed by atoms with Gasteiger partial charge in [0.1, 0.15) is 11.5 Å². The quantitative estimate of drug-likeness (QED) is 0.740. The van der Waals surface area contributed by atoms with Crippen molar-refractivity contribution < 1.29 is 14.6 Å². The van der Waals surface area contributed by atoms with Crippen molar-refractivity contribution in [1.82, 2.24) is 0 Å². The standard InChI is InChI=1S/C20H26O3/c1-14(2)20(16-9-11-17(21)12-10-16)15(3)18-7-5-6-8-19(18)23-13-22-4/h5-9,11-12,14-15,21H,10,13H2,1-4H3. The fraction of sp³-hybridized carbons (Fsp3) is 0.400. The third-order valence-corrected chi connectivity index (χ3v) is 4.16. The maximum absolute atomic E-state index is 9.56. The zero-order chi connectivity index (χ0) is 16.8. The second-order valence-electron chi connectivity index (χ2n) is 6.11. The Hall–Kier alpha value is -2.00. The Kier molecular flexibility index (Phi) is 6.05. The van der Waals surface area contributed by atoms with Crippen molar-refractivity contribution in [3.63, 3.8) is 0 Å². The average Bonchev–Trinajstić information content (AvgIpc) is 2.55. The summed E-state index contributed by atoms with van der Waals surface area (Å²) in [6, 6.07) is 8.11. The van der Waals surface area contributed by atoms with Gasteiger partial charge in [0, 0.05) is 18.6 Å². The first-order chi connectivity index (χ1) is 11.0. The van der Waals surface area contributed by atoms with Crippen molar-refractivity contribution in [1.29, 1.82) is 0 Å². The molecule has 1 unspecified atom stereocenters. The number of hydrogen-bond acceptors (Lipinski definition) is 3. The van der Waals surface area contributed by atoms with Crippen LogP contribution in [0.1, 0.15) is 38.7 Å². The van der Waals surface area contributed by atoms with Crippen LogP contribution in [0.2, 0.25) is 0 Å². The number of hydrogen-bond donors (Lipinski definition) is 1. The Bertz CT molecular complexity index is 624. The molecule has 0 saturated heterocycles. The zero-order valence-electron chi connectivity index (χ0n) is 14.4. The van der Waals surface area contributed by atoms with Crippen LogP contribution in [0, 0.1) is 5.92 Å². The fourth-order valence-corrected chi connectivity index (χ4v) is 3.16. The fourth-order valence-electron chi connectivity index (χ4n) is 3.16. The van der Waals surface area contributed by atoms with Gasteiger partial charge in [0.25, 0.3) is 0 Å². The van der Waals surface area contributed by atoms with Crippen LogP contribution < -0.4 is 4.74 Å². The third-order valence-electron chi connectivity index (χ3n) is 4.16. The number of benzene rings is 1. The Balaban J connectivity index is 2.38. The molecule has 124 valence electrons. The molecule has 0 bridgehead atoms. The van der Waals surface area contributed by atoms with Gasteiger partial charge in [-0.3, -0.25) is 0 Å². The van der Waals surface area contributed by atoms with Gasteiger partial charge in [0.05, 0.1) is 0 Å². The largest absolute Gasteiger partial charge is 0.508 e. The molecule has 0 fully saturated rings. The van der Waals surface area contributed by atoms with E-state index in [4.69, 9.17) is 9.47 Å².